The minimum Gasteiger partial charge on any atom is -0.319 e. The molecule has 3 amide bonds. The van der Waals surface area contributed by atoms with Crippen molar-refractivity contribution < 1.29 is 9.59 Å². The highest BCUT2D eigenvalue weighted by molar-refractivity contribution is 6.07. The van der Waals surface area contributed by atoms with Gasteiger partial charge in [-0.1, -0.05) is 43.3 Å². The highest BCUT2D eigenvalue weighted by Crippen LogP contribution is 2.38. The lowest BCUT2D eigenvalue weighted by atomic mass is 9.84. The van der Waals surface area contributed by atoms with Crippen LogP contribution in [0.1, 0.15) is 44.2 Å². The Labute approximate surface area is 149 Å². The number of amides is 3. The minimum atomic E-state index is -0.896. The molecule has 1 unspecified atom stereocenters. The fourth-order valence-corrected chi connectivity index (χ4v) is 3.94. The van der Waals surface area contributed by atoms with Crippen molar-refractivity contribution in [1.29, 1.82) is 0 Å². The number of rotatable bonds is 5. The third-order valence-corrected chi connectivity index (χ3v) is 5.18. The molecule has 1 aliphatic heterocycles. The van der Waals surface area contributed by atoms with E-state index in [0.717, 1.165) is 36.9 Å². The van der Waals surface area contributed by atoms with E-state index in [-0.39, 0.29) is 11.9 Å². The lowest BCUT2D eigenvalue weighted by Crippen LogP contribution is -2.46. The lowest BCUT2D eigenvalue weighted by molar-refractivity contribution is -0.133. The average molecular weight is 341 g/mol. The van der Waals surface area contributed by atoms with E-state index in [0.29, 0.717) is 19.6 Å². The number of imide groups is 1. The van der Waals surface area contributed by atoms with E-state index in [1.807, 2.05) is 32.0 Å². The first-order valence-corrected chi connectivity index (χ1v) is 9.07. The molecule has 1 aliphatic carbocycles. The van der Waals surface area contributed by atoms with Gasteiger partial charge in [0.1, 0.15) is 5.54 Å². The Morgan fingerprint density at radius 1 is 1.32 bits per heavy atom. The van der Waals surface area contributed by atoms with Gasteiger partial charge in [-0.25, -0.2) is 9.69 Å². The van der Waals surface area contributed by atoms with Crippen LogP contribution in [0.5, 0.6) is 0 Å². The van der Waals surface area contributed by atoms with Crippen LogP contribution in [-0.2, 0) is 16.8 Å². The van der Waals surface area contributed by atoms with Crippen LogP contribution in [0.3, 0.4) is 0 Å². The Kier molecular flexibility index (Phi) is 4.95. The van der Waals surface area contributed by atoms with Crippen LogP contribution >= 0.6 is 0 Å². The second-order valence-corrected chi connectivity index (χ2v) is 7.18. The second-order valence-electron chi connectivity index (χ2n) is 7.18. The fourth-order valence-electron chi connectivity index (χ4n) is 3.94. The summed E-state index contributed by atoms with van der Waals surface area (Å²) in [5.74, 6) is -0.119. The van der Waals surface area contributed by atoms with Gasteiger partial charge in [-0.2, -0.15) is 0 Å². The van der Waals surface area contributed by atoms with Crippen molar-refractivity contribution in [2.75, 3.05) is 19.8 Å². The first-order valence-electron chi connectivity index (χ1n) is 9.07. The van der Waals surface area contributed by atoms with Crippen LogP contribution in [0, 0.1) is 0 Å². The van der Waals surface area contributed by atoms with E-state index >= 15 is 0 Å². The van der Waals surface area contributed by atoms with Crippen molar-refractivity contribution in [3.05, 3.63) is 47.5 Å². The van der Waals surface area contributed by atoms with E-state index in [4.69, 9.17) is 0 Å². The molecule has 1 aromatic carbocycles. The smallest absolute Gasteiger partial charge is 0.319 e. The van der Waals surface area contributed by atoms with Gasteiger partial charge in [0.25, 0.3) is 5.91 Å². The van der Waals surface area contributed by atoms with Gasteiger partial charge in [0.15, 0.2) is 0 Å². The molecule has 1 N–H and O–H groups in total. The number of hydrogen-bond acceptors (Lipinski definition) is 3. The summed E-state index contributed by atoms with van der Waals surface area (Å²) in [5.41, 5.74) is 2.26. The van der Waals surface area contributed by atoms with Crippen LogP contribution in [-0.4, -0.2) is 41.5 Å². The summed E-state index contributed by atoms with van der Waals surface area (Å²) in [7, 11) is 0. The molecular weight excluding hydrogens is 314 g/mol. The van der Waals surface area contributed by atoms with E-state index in [1.54, 1.807) is 0 Å². The zero-order valence-corrected chi connectivity index (χ0v) is 15.2. The Morgan fingerprint density at radius 3 is 2.80 bits per heavy atom. The van der Waals surface area contributed by atoms with Gasteiger partial charge >= 0.3 is 6.03 Å². The summed E-state index contributed by atoms with van der Waals surface area (Å²) in [6.45, 7) is 9.66. The number of likely N-dealkylation sites (N-methyl/N-ethyl adjacent to an activating group) is 1. The molecule has 0 radical (unpaired) electrons. The van der Waals surface area contributed by atoms with Crippen molar-refractivity contribution in [2.45, 2.75) is 45.1 Å². The van der Waals surface area contributed by atoms with Gasteiger partial charge in [-0.05, 0) is 50.3 Å². The van der Waals surface area contributed by atoms with Crippen molar-refractivity contribution >= 4 is 11.9 Å². The van der Waals surface area contributed by atoms with Crippen LogP contribution in [0.15, 0.2) is 36.4 Å². The van der Waals surface area contributed by atoms with Gasteiger partial charge < -0.3 is 5.32 Å². The second kappa shape index (κ2) is 7.00. The predicted octanol–water partition coefficient (Wildman–Crippen LogP) is 3.02. The minimum absolute atomic E-state index is 0.119. The molecule has 134 valence electrons. The van der Waals surface area contributed by atoms with Crippen molar-refractivity contribution in [3.63, 3.8) is 0 Å². The predicted molar refractivity (Wildman–Crippen MR) is 98.0 cm³/mol. The largest absolute Gasteiger partial charge is 0.326 e. The third-order valence-electron chi connectivity index (χ3n) is 5.18. The molecule has 0 bridgehead atoms. The van der Waals surface area contributed by atoms with Crippen LogP contribution < -0.4 is 5.32 Å². The zero-order chi connectivity index (χ0) is 18.0. The monoisotopic (exact) mass is 341 g/mol. The lowest BCUT2D eigenvalue weighted by Gasteiger charge is -2.29. The molecule has 2 aliphatic rings. The Hall–Kier alpha value is -2.14. The van der Waals surface area contributed by atoms with Crippen molar-refractivity contribution in [1.82, 2.24) is 15.1 Å². The first-order chi connectivity index (χ1) is 12.0. The molecule has 1 spiro atoms. The van der Waals surface area contributed by atoms with E-state index in [2.05, 4.69) is 22.9 Å². The molecule has 5 heteroatoms. The van der Waals surface area contributed by atoms with Gasteiger partial charge in [0, 0.05) is 6.54 Å². The summed E-state index contributed by atoms with van der Waals surface area (Å²) < 4.78 is 0. The van der Waals surface area contributed by atoms with E-state index < -0.39 is 5.54 Å². The van der Waals surface area contributed by atoms with E-state index in [9.17, 15) is 9.59 Å². The summed E-state index contributed by atoms with van der Waals surface area (Å²) in [5, 5.41) is 3.04. The summed E-state index contributed by atoms with van der Waals surface area (Å²) in [4.78, 5) is 29.4. The number of urea groups is 1. The standard InChI is InChI=1S/C20H27N3O2/c1-4-22(13-15(2)3)14-23-18(24)20(21-19(23)25)12-8-7-10-16-9-5-6-11-17(16)20/h5-6,9,11H,2,4,7-8,10,12-14H2,1,3H3,(H,21,25). The highest BCUT2D eigenvalue weighted by atomic mass is 16.2. The molecule has 1 atom stereocenters. The highest BCUT2D eigenvalue weighted by Gasteiger charge is 2.53. The van der Waals surface area contributed by atoms with Crippen molar-refractivity contribution in [2.24, 2.45) is 0 Å². The quantitative estimate of drug-likeness (QED) is 0.662. The van der Waals surface area contributed by atoms with E-state index in [1.165, 1.54) is 10.5 Å². The molecule has 1 aromatic rings. The number of nitrogens with one attached hydrogen (secondary N) is 1. The number of carbonyl (C=O) groups excluding carboxylic acids is 2. The van der Waals surface area contributed by atoms with Gasteiger partial charge in [-0.3, -0.25) is 9.69 Å². The molecule has 5 nitrogen and oxygen atoms in total. The number of nitrogens with zero attached hydrogens (tertiary/aromatic N) is 2. The molecule has 3 rings (SSSR count). The maximum absolute atomic E-state index is 13.3. The Bertz CT molecular complexity index is 700. The normalized spacial score (nSPS) is 22.9. The average Bonchev–Trinajstić information content (AvgIpc) is 2.74. The molecular formula is C20H27N3O2. The van der Waals surface area contributed by atoms with Crippen LogP contribution in [0.25, 0.3) is 0 Å². The molecule has 0 aromatic heterocycles. The fraction of sp³-hybridized carbons (Fsp3) is 0.500. The molecule has 25 heavy (non-hydrogen) atoms. The Morgan fingerprint density at radius 2 is 2.08 bits per heavy atom. The summed E-state index contributed by atoms with van der Waals surface area (Å²) >= 11 is 0. The third kappa shape index (κ3) is 3.21. The maximum atomic E-state index is 13.3. The number of hydrogen-bond donors (Lipinski definition) is 1. The van der Waals surface area contributed by atoms with Gasteiger partial charge in [0.2, 0.25) is 0 Å². The number of aryl methyl sites for hydroxylation is 1. The molecule has 1 fully saturated rings. The van der Waals surface area contributed by atoms with Crippen LogP contribution in [0.4, 0.5) is 4.79 Å². The van der Waals surface area contributed by atoms with Gasteiger partial charge in [-0.15, -0.1) is 0 Å². The molecule has 1 saturated heterocycles. The van der Waals surface area contributed by atoms with Crippen LogP contribution in [0.2, 0.25) is 0 Å². The Balaban J connectivity index is 1.91. The van der Waals surface area contributed by atoms with Gasteiger partial charge in [0.05, 0.1) is 6.67 Å². The van der Waals surface area contributed by atoms with Crippen molar-refractivity contribution in [3.8, 4) is 0 Å². The summed E-state index contributed by atoms with van der Waals surface area (Å²) in [6.07, 6.45) is 3.59. The molecule has 0 saturated carbocycles. The zero-order valence-electron chi connectivity index (χ0n) is 15.2. The maximum Gasteiger partial charge on any atom is 0.326 e. The summed E-state index contributed by atoms with van der Waals surface area (Å²) in [6, 6.07) is 7.73. The topological polar surface area (TPSA) is 52.6 Å². The SMILES string of the molecule is C=C(C)CN(CC)CN1C(=O)NC2(CCCCc3ccccc32)C1=O. The first kappa shape index (κ1) is 17.7. The number of carbonyl (C=O) groups is 2. The molecule has 1 heterocycles. The number of benzene rings is 1. The number of fused-ring (bicyclic) bond motifs is 2.